The molecule has 1 aliphatic rings. The lowest BCUT2D eigenvalue weighted by Crippen LogP contribution is -2.21. The Balaban J connectivity index is 2.21. The zero-order chi connectivity index (χ0) is 16.5. The molecule has 22 heavy (non-hydrogen) atoms. The maximum atomic E-state index is 11.2. The molecule has 0 bridgehead atoms. The fourth-order valence-corrected chi connectivity index (χ4v) is 3.86. The normalized spacial score (nSPS) is 20.0. The maximum absolute atomic E-state index is 11.2. The van der Waals surface area contributed by atoms with Crippen LogP contribution in [-0.4, -0.2) is 21.3 Å². The Morgan fingerprint density at radius 1 is 1.32 bits per heavy atom. The Morgan fingerprint density at radius 3 is 2.59 bits per heavy atom. The van der Waals surface area contributed by atoms with Crippen LogP contribution in [0.3, 0.4) is 0 Å². The van der Waals surface area contributed by atoms with E-state index in [0.29, 0.717) is 12.3 Å². The lowest BCUT2D eigenvalue weighted by Gasteiger charge is -2.31. The number of fused-ring (bicyclic) bond motifs is 1. The zero-order valence-corrected chi connectivity index (χ0v) is 15.2. The molecule has 0 spiro atoms. The first-order valence-corrected chi connectivity index (χ1v) is 9.86. The number of hydrogen-bond donors (Lipinski definition) is 0. The van der Waals surface area contributed by atoms with Crippen molar-refractivity contribution in [1.82, 2.24) is 0 Å². The van der Waals surface area contributed by atoms with Gasteiger partial charge in [0.1, 0.15) is 0 Å². The monoisotopic (exact) mass is 324 g/mol. The molecule has 0 radical (unpaired) electrons. The van der Waals surface area contributed by atoms with Crippen molar-refractivity contribution in [2.24, 2.45) is 5.41 Å². The second-order valence-electron chi connectivity index (χ2n) is 7.63. The fourth-order valence-electron chi connectivity index (χ4n) is 3.46. The Bertz CT molecular complexity index is 626. The summed E-state index contributed by atoms with van der Waals surface area (Å²) < 4.78 is 27.3. The van der Waals surface area contributed by atoms with Crippen LogP contribution in [0.25, 0.3) is 0 Å². The summed E-state index contributed by atoms with van der Waals surface area (Å²) in [5.41, 5.74) is 4.31. The van der Waals surface area contributed by atoms with E-state index >= 15 is 0 Å². The van der Waals surface area contributed by atoms with Crippen molar-refractivity contribution in [3.63, 3.8) is 0 Å². The van der Waals surface area contributed by atoms with Crippen LogP contribution in [0.5, 0.6) is 0 Å². The van der Waals surface area contributed by atoms with Crippen molar-refractivity contribution in [2.45, 2.75) is 58.8 Å². The first-order valence-electron chi connectivity index (χ1n) is 8.05. The first kappa shape index (κ1) is 17.5. The van der Waals surface area contributed by atoms with Gasteiger partial charge in [-0.2, -0.15) is 8.42 Å². The molecule has 1 aromatic rings. The molecule has 3 nitrogen and oxygen atoms in total. The molecule has 0 aliphatic heterocycles. The molecule has 2 rings (SSSR count). The minimum atomic E-state index is -3.37. The highest BCUT2D eigenvalue weighted by Crippen LogP contribution is 2.41. The van der Waals surface area contributed by atoms with Crippen LogP contribution in [-0.2, 0) is 20.7 Å². The predicted octanol–water partition coefficient (Wildman–Crippen LogP) is 4.23. The Hall–Kier alpha value is -0.870. The third-order valence-electron chi connectivity index (χ3n) is 4.70. The summed E-state index contributed by atoms with van der Waals surface area (Å²) in [4.78, 5) is 0. The number of aryl methyl sites for hydroxylation is 1. The van der Waals surface area contributed by atoms with Crippen LogP contribution < -0.4 is 0 Å². The Labute approximate surface area is 135 Å². The van der Waals surface area contributed by atoms with Gasteiger partial charge >= 0.3 is 0 Å². The van der Waals surface area contributed by atoms with E-state index in [9.17, 15) is 8.42 Å². The molecule has 0 heterocycles. The number of benzene rings is 1. The highest BCUT2D eigenvalue weighted by molar-refractivity contribution is 7.85. The molecule has 2 unspecified atom stereocenters. The Kier molecular flexibility index (Phi) is 5.03. The SMILES string of the molecule is CC1CCc2ccc(C(CCOS(C)(=O)=O)C(C)(C)C)cc21. The molecule has 0 N–H and O–H groups in total. The van der Waals surface area contributed by atoms with Gasteiger partial charge in [-0.1, -0.05) is 45.9 Å². The van der Waals surface area contributed by atoms with Gasteiger partial charge in [0, 0.05) is 0 Å². The van der Waals surface area contributed by atoms with E-state index in [1.54, 1.807) is 0 Å². The summed E-state index contributed by atoms with van der Waals surface area (Å²) in [6, 6.07) is 6.81. The average Bonchev–Trinajstić information content (AvgIpc) is 2.73. The van der Waals surface area contributed by atoms with Gasteiger partial charge in [0.2, 0.25) is 0 Å². The lowest BCUT2D eigenvalue weighted by atomic mass is 9.74. The van der Waals surface area contributed by atoms with Crippen molar-refractivity contribution in [1.29, 1.82) is 0 Å². The van der Waals surface area contributed by atoms with Gasteiger partial charge in [-0.15, -0.1) is 0 Å². The van der Waals surface area contributed by atoms with Crippen molar-refractivity contribution < 1.29 is 12.6 Å². The second-order valence-corrected chi connectivity index (χ2v) is 9.28. The smallest absolute Gasteiger partial charge is 0.264 e. The van der Waals surface area contributed by atoms with Crippen LogP contribution in [0, 0.1) is 5.41 Å². The van der Waals surface area contributed by atoms with Crippen LogP contribution in [0.4, 0.5) is 0 Å². The van der Waals surface area contributed by atoms with Gasteiger partial charge in [0.25, 0.3) is 10.1 Å². The quantitative estimate of drug-likeness (QED) is 0.761. The minimum Gasteiger partial charge on any atom is -0.270 e. The molecule has 124 valence electrons. The molecule has 2 atom stereocenters. The summed E-state index contributed by atoms with van der Waals surface area (Å²) in [6.45, 7) is 9.14. The lowest BCUT2D eigenvalue weighted by molar-refractivity contribution is 0.242. The molecule has 0 fully saturated rings. The van der Waals surface area contributed by atoms with Crippen molar-refractivity contribution in [3.05, 3.63) is 34.9 Å². The summed E-state index contributed by atoms with van der Waals surface area (Å²) in [5, 5.41) is 0. The summed E-state index contributed by atoms with van der Waals surface area (Å²) in [6.07, 6.45) is 4.23. The van der Waals surface area contributed by atoms with Gasteiger partial charge in [-0.25, -0.2) is 0 Å². The van der Waals surface area contributed by atoms with Crippen molar-refractivity contribution in [3.8, 4) is 0 Å². The van der Waals surface area contributed by atoms with Gasteiger partial charge in [0.05, 0.1) is 12.9 Å². The highest BCUT2D eigenvalue weighted by Gasteiger charge is 2.28. The fraction of sp³-hybridized carbons (Fsp3) is 0.667. The predicted molar refractivity (Wildman–Crippen MR) is 90.8 cm³/mol. The standard InChI is InChI=1S/C18H28O3S/c1-13-6-7-14-8-9-15(12-16(13)14)17(18(2,3)4)10-11-21-22(5,19)20/h8-9,12-13,17H,6-7,10-11H2,1-5H3. The third kappa shape index (κ3) is 4.32. The highest BCUT2D eigenvalue weighted by atomic mass is 32.2. The molecular formula is C18H28O3S. The van der Waals surface area contributed by atoms with E-state index in [1.165, 1.54) is 29.5 Å². The molecule has 0 saturated heterocycles. The van der Waals surface area contributed by atoms with Gasteiger partial charge in [-0.3, -0.25) is 4.18 Å². The molecular weight excluding hydrogens is 296 g/mol. The van der Waals surface area contributed by atoms with E-state index in [4.69, 9.17) is 4.18 Å². The van der Waals surface area contributed by atoms with Crippen LogP contribution >= 0.6 is 0 Å². The van der Waals surface area contributed by atoms with Crippen LogP contribution in [0.1, 0.15) is 69.1 Å². The molecule has 0 aromatic heterocycles. The van der Waals surface area contributed by atoms with Gasteiger partial charge < -0.3 is 0 Å². The summed E-state index contributed by atoms with van der Waals surface area (Å²) in [5.74, 6) is 0.912. The first-order chi connectivity index (χ1) is 10.1. The van der Waals surface area contributed by atoms with Crippen LogP contribution in [0.15, 0.2) is 18.2 Å². The third-order valence-corrected chi connectivity index (χ3v) is 5.29. The van der Waals surface area contributed by atoms with Gasteiger partial charge in [-0.05, 0) is 53.2 Å². The average molecular weight is 324 g/mol. The van der Waals surface area contributed by atoms with E-state index < -0.39 is 10.1 Å². The molecule has 1 aromatic carbocycles. The van der Waals surface area contributed by atoms with E-state index in [1.807, 2.05) is 0 Å². The van der Waals surface area contributed by atoms with E-state index in [2.05, 4.69) is 45.9 Å². The zero-order valence-electron chi connectivity index (χ0n) is 14.3. The van der Waals surface area contributed by atoms with Crippen molar-refractivity contribution >= 4 is 10.1 Å². The largest absolute Gasteiger partial charge is 0.270 e. The molecule has 0 saturated carbocycles. The molecule has 0 amide bonds. The number of rotatable bonds is 5. The topological polar surface area (TPSA) is 43.4 Å². The maximum Gasteiger partial charge on any atom is 0.264 e. The van der Waals surface area contributed by atoms with E-state index in [-0.39, 0.29) is 17.9 Å². The summed E-state index contributed by atoms with van der Waals surface area (Å²) in [7, 11) is -3.37. The second kappa shape index (κ2) is 6.32. The number of hydrogen-bond acceptors (Lipinski definition) is 3. The van der Waals surface area contributed by atoms with E-state index in [0.717, 1.165) is 6.26 Å². The Morgan fingerprint density at radius 2 is 2.00 bits per heavy atom. The van der Waals surface area contributed by atoms with Crippen LogP contribution in [0.2, 0.25) is 0 Å². The van der Waals surface area contributed by atoms with Crippen molar-refractivity contribution in [2.75, 3.05) is 12.9 Å². The van der Waals surface area contributed by atoms with Gasteiger partial charge in [0.15, 0.2) is 0 Å². The minimum absolute atomic E-state index is 0.0664. The summed E-state index contributed by atoms with van der Waals surface area (Å²) >= 11 is 0. The molecule has 4 heteroatoms. The molecule has 1 aliphatic carbocycles.